The van der Waals surface area contributed by atoms with Crippen molar-refractivity contribution in [3.8, 4) is 0 Å². The zero-order valence-corrected chi connectivity index (χ0v) is 14.1. The molecule has 0 saturated carbocycles. The number of para-hydroxylation sites is 1. The largest absolute Gasteiger partial charge is 0.478 e. The van der Waals surface area contributed by atoms with Crippen LogP contribution >= 0.6 is 11.6 Å². The van der Waals surface area contributed by atoms with Gasteiger partial charge in [0.2, 0.25) is 0 Å². The van der Waals surface area contributed by atoms with Crippen LogP contribution in [0, 0.1) is 0 Å². The summed E-state index contributed by atoms with van der Waals surface area (Å²) in [5, 5.41) is 15.4. The number of anilines is 2. The Bertz CT molecular complexity index is 747. The predicted molar refractivity (Wildman–Crippen MR) is 96.2 cm³/mol. The van der Waals surface area contributed by atoms with E-state index in [0.29, 0.717) is 16.3 Å². The van der Waals surface area contributed by atoms with Crippen molar-refractivity contribution >= 4 is 34.9 Å². The molecule has 0 radical (unpaired) electrons. The lowest BCUT2D eigenvalue weighted by molar-refractivity contribution is 0.0698. The Balaban J connectivity index is 2.23. The molecule has 0 aromatic heterocycles. The van der Waals surface area contributed by atoms with E-state index < -0.39 is 5.97 Å². The monoisotopic (exact) mass is 346 g/mol. The maximum absolute atomic E-state index is 12.6. The van der Waals surface area contributed by atoms with Gasteiger partial charge in [-0.3, -0.25) is 4.79 Å². The molecule has 0 unspecified atom stereocenters. The fourth-order valence-corrected chi connectivity index (χ4v) is 2.40. The SMILES string of the molecule is CCCCNc1ccccc1C(=O)Nc1ccc(Cl)cc1C(=O)O. The molecule has 24 heavy (non-hydrogen) atoms. The van der Waals surface area contributed by atoms with Gasteiger partial charge in [0, 0.05) is 17.3 Å². The fraction of sp³-hybridized carbons (Fsp3) is 0.222. The van der Waals surface area contributed by atoms with Crippen LogP contribution in [0.25, 0.3) is 0 Å². The van der Waals surface area contributed by atoms with Crippen molar-refractivity contribution in [3.63, 3.8) is 0 Å². The van der Waals surface area contributed by atoms with E-state index in [1.165, 1.54) is 18.2 Å². The van der Waals surface area contributed by atoms with Crippen molar-refractivity contribution in [2.75, 3.05) is 17.2 Å². The maximum Gasteiger partial charge on any atom is 0.337 e. The van der Waals surface area contributed by atoms with Crippen LogP contribution in [0.3, 0.4) is 0 Å². The topological polar surface area (TPSA) is 78.4 Å². The van der Waals surface area contributed by atoms with Crippen LogP contribution in [0.15, 0.2) is 42.5 Å². The summed E-state index contributed by atoms with van der Waals surface area (Å²) >= 11 is 5.82. The first-order chi connectivity index (χ1) is 11.5. The van der Waals surface area contributed by atoms with Crippen LogP contribution in [-0.2, 0) is 0 Å². The highest BCUT2D eigenvalue weighted by Crippen LogP contribution is 2.23. The van der Waals surface area contributed by atoms with Gasteiger partial charge in [0.15, 0.2) is 0 Å². The quantitative estimate of drug-likeness (QED) is 0.645. The number of nitrogens with one attached hydrogen (secondary N) is 2. The molecule has 0 fully saturated rings. The van der Waals surface area contributed by atoms with Crippen LogP contribution in [0.5, 0.6) is 0 Å². The first-order valence-electron chi connectivity index (χ1n) is 7.70. The Hall–Kier alpha value is -2.53. The molecule has 2 aromatic rings. The normalized spacial score (nSPS) is 10.2. The molecule has 6 heteroatoms. The average Bonchev–Trinajstić information content (AvgIpc) is 2.57. The highest BCUT2D eigenvalue weighted by atomic mass is 35.5. The third-order valence-corrected chi connectivity index (χ3v) is 3.71. The smallest absolute Gasteiger partial charge is 0.337 e. The zero-order chi connectivity index (χ0) is 17.5. The first-order valence-corrected chi connectivity index (χ1v) is 8.07. The lowest BCUT2D eigenvalue weighted by atomic mass is 10.1. The first kappa shape index (κ1) is 17.8. The van der Waals surface area contributed by atoms with Gasteiger partial charge in [0.05, 0.1) is 16.8 Å². The lowest BCUT2D eigenvalue weighted by Gasteiger charge is -2.13. The van der Waals surface area contributed by atoms with E-state index in [1.54, 1.807) is 12.1 Å². The molecule has 126 valence electrons. The van der Waals surface area contributed by atoms with Gasteiger partial charge in [-0.15, -0.1) is 0 Å². The van der Waals surface area contributed by atoms with E-state index >= 15 is 0 Å². The number of unbranched alkanes of at least 4 members (excludes halogenated alkanes) is 1. The molecule has 0 aliphatic heterocycles. The number of hydrogen-bond donors (Lipinski definition) is 3. The second-order valence-electron chi connectivity index (χ2n) is 5.28. The molecule has 0 heterocycles. The number of amides is 1. The van der Waals surface area contributed by atoms with Gasteiger partial charge in [0.1, 0.15) is 0 Å². The summed E-state index contributed by atoms with van der Waals surface area (Å²) in [4.78, 5) is 23.9. The van der Waals surface area contributed by atoms with Crippen molar-refractivity contribution in [1.29, 1.82) is 0 Å². The average molecular weight is 347 g/mol. The van der Waals surface area contributed by atoms with Crippen LogP contribution < -0.4 is 10.6 Å². The number of carboxylic acids is 1. The minimum Gasteiger partial charge on any atom is -0.478 e. The Kier molecular flexibility index (Phi) is 6.21. The fourth-order valence-electron chi connectivity index (χ4n) is 2.23. The number of rotatable bonds is 7. The molecule has 3 N–H and O–H groups in total. The van der Waals surface area contributed by atoms with Crippen LogP contribution in [-0.4, -0.2) is 23.5 Å². The number of carbonyl (C=O) groups is 2. The van der Waals surface area contributed by atoms with Crippen molar-refractivity contribution in [1.82, 2.24) is 0 Å². The van der Waals surface area contributed by atoms with E-state index in [4.69, 9.17) is 11.6 Å². The molecular weight excluding hydrogens is 328 g/mol. The van der Waals surface area contributed by atoms with Gasteiger partial charge < -0.3 is 15.7 Å². The summed E-state index contributed by atoms with van der Waals surface area (Å²) in [6.07, 6.45) is 2.05. The second kappa shape index (κ2) is 8.36. The molecule has 0 aliphatic carbocycles. The highest BCUT2D eigenvalue weighted by molar-refractivity contribution is 6.31. The second-order valence-corrected chi connectivity index (χ2v) is 5.71. The van der Waals surface area contributed by atoms with Crippen LogP contribution in [0.1, 0.15) is 40.5 Å². The number of benzene rings is 2. The van der Waals surface area contributed by atoms with Gasteiger partial charge >= 0.3 is 5.97 Å². The molecule has 0 bridgehead atoms. The number of aromatic carboxylic acids is 1. The van der Waals surface area contributed by atoms with Gasteiger partial charge in [-0.1, -0.05) is 37.1 Å². The van der Waals surface area contributed by atoms with E-state index in [2.05, 4.69) is 17.6 Å². The van der Waals surface area contributed by atoms with Crippen molar-refractivity contribution in [2.45, 2.75) is 19.8 Å². The van der Waals surface area contributed by atoms with E-state index in [0.717, 1.165) is 19.4 Å². The number of hydrogen-bond acceptors (Lipinski definition) is 3. The highest BCUT2D eigenvalue weighted by Gasteiger charge is 2.16. The van der Waals surface area contributed by atoms with E-state index in [1.807, 2.05) is 12.1 Å². The van der Waals surface area contributed by atoms with Gasteiger partial charge in [0.25, 0.3) is 5.91 Å². The minimum atomic E-state index is -1.15. The number of carbonyl (C=O) groups excluding carboxylic acids is 1. The zero-order valence-electron chi connectivity index (χ0n) is 13.3. The molecule has 2 rings (SSSR count). The molecular formula is C18H19ClN2O3. The molecule has 1 amide bonds. The Labute approximate surface area is 145 Å². The van der Waals surface area contributed by atoms with Crippen molar-refractivity contribution < 1.29 is 14.7 Å². The lowest BCUT2D eigenvalue weighted by Crippen LogP contribution is -2.17. The van der Waals surface area contributed by atoms with Crippen LogP contribution in [0.4, 0.5) is 11.4 Å². The van der Waals surface area contributed by atoms with Crippen molar-refractivity contribution in [3.05, 3.63) is 58.6 Å². The van der Waals surface area contributed by atoms with E-state index in [-0.39, 0.29) is 17.2 Å². The van der Waals surface area contributed by atoms with Gasteiger partial charge in [-0.2, -0.15) is 0 Å². The maximum atomic E-state index is 12.6. The van der Waals surface area contributed by atoms with Gasteiger partial charge in [-0.25, -0.2) is 4.79 Å². The minimum absolute atomic E-state index is 0.0488. The summed E-state index contributed by atoms with van der Waals surface area (Å²) in [7, 11) is 0. The summed E-state index contributed by atoms with van der Waals surface area (Å²) in [5.41, 5.74) is 1.33. The standard InChI is InChI=1S/C18H19ClN2O3/c1-2-3-10-20-15-7-5-4-6-13(15)17(22)21-16-9-8-12(19)11-14(16)18(23)24/h4-9,11,20H,2-3,10H2,1H3,(H,21,22)(H,23,24). The van der Waals surface area contributed by atoms with Crippen molar-refractivity contribution in [2.24, 2.45) is 0 Å². The Morgan fingerprint density at radius 3 is 2.54 bits per heavy atom. The third kappa shape index (κ3) is 4.49. The number of carboxylic acid groups (broad SMARTS) is 1. The third-order valence-electron chi connectivity index (χ3n) is 3.48. The molecule has 0 saturated heterocycles. The summed E-state index contributed by atoms with van der Waals surface area (Å²) in [5.74, 6) is -1.53. The number of halogens is 1. The Morgan fingerprint density at radius 1 is 1.08 bits per heavy atom. The summed E-state index contributed by atoms with van der Waals surface area (Å²) in [6, 6.07) is 11.5. The molecule has 5 nitrogen and oxygen atoms in total. The predicted octanol–water partition coefficient (Wildman–Crippen LogP) is 4.50. The molecule has 0 aliphatic rings. The molecule has 0 spiro atoms. The van der Waals surface area contributed by atoms with Crippen LogP contribution in [0.2, 0.25) is 5.02 Å². The van der Waals surface area contributed by atoms with Gasteiger partial charge in [-0.05, 0) is 36.8 Å². The molecule has 2 aromatic carbocycles. The summed E-state index contributed by atoms with van der Waals surface area (Å²) in [6.45, 7) is 2.86. The van der Waals surface area contributed by atoms with E-state index in [9.17, 15) is 14.7 Å². The summed E-state index contributed by atoms with van der Waals surface area (Å²) < 4.78 is 0. The molecule has 0 atom stereocenters. The Morgan fingerprint density at radius 2 is 1.83 bits per heavy atom.